The van der Waals surface area contributed by atoms with E-state index in [1.807, 2.05) is 12.1 Å². The van der Waals surface area contributed by atoms with Crippen LogP contribution in [0.15, 0.2) is 48.5 Å². The Labute approximate surface area is 164 Å². The number of nitrogens with zero attached hydrogens (tertiary/aromatic N) is 2. The summed E-state index contributed by atoms with van der Waals surface area (Å²) in [5.41, 5.74) is 1.46. The van der Waals surface area contributed by atoms with Crippen molar-refractivity contribution in [2.75, 3.05) is 33.3 Å². The number of carbonyl (C=O) groups is 1. The molecule has 0 bridgehead atoms. The lowest BCUT2D eigenvalue weighted by molar-refractivity contribution is -0.384. The lowest BCUT2D eigenvalue weighted by atomic mass is 10.0. The molecule has 0 amide bonds. The highest BCUT2D eigenvalue weighted by molar-refractivity contribution is 5.98. The van der Waals surface area contributed by atoms with Crippen LogP contribution in [-0.4, -0.2) is 48.9 Å². The molecule has 0 spiro atoms. The zero-order valence-corrected chi connectivity index (χ0v) is 16.0. The lowest BCUT2D eigenvalue weighted by Crippen LogP contribution is -2.36. The van der Waals surface area contributed by atoms with Crippen LogP contribution < -0.4 is 10.1 Å². The molecule has 7 nitrogen and oxygen atoms in total. The average molecular weight is 383 g/mol. The zero-order valence-electron chi connectivity index (χ0n) is 16.0. The Hall–Kier alpha value is -2.77. The molecule has 1 unspecified atom stereocenters. The molecule has 1 atom stereocenters. The molecule has 1 fully saturated rings. The van der Waals surface area contributed by atoms with Gasteiger partial charge >= 0.3 is 0 Å². The Morgan fingerprint density at radius 1 is 1.21 bits per heavy atom. The van der Waals surface area contributed by atoms with Crippen molar-refractivity contribution in [1.29, 1.82) is 0 Å². The second-order valence-electron chi connectivity index (χ2n) is 6.89. The Balaban J connectivity index is 1.64. The number of nitro benzene ring substituents is 1. The maximum Gasteiger partial charge on any atom is 0.270 e. The fourth-order valence-electron chi connectivity index (χ4n) is 3.55. The maximum absolute atomic E-state index is 12.4. The molecule has 7 heteroatoms. The van der Waals surface area contributed by atoms with E-state index in [9.17, 15) is 14.9 Å². The van der Waals surface area contributed by atoms with Crippen LogP contribution in [0.4, 0.5) is 5.69 Å². The third kappa shape index (κ3) is 4.94. The fraction of sp³-hybridized carbons (Fsp3) is 0.381. The van der Waals surface area contributed by atoms with Crippen LogP contribution in [-0.2, 0) is 0 Å². The van der Waals surface area contributed by atoms with Crippen molar-refractivity contribution >= 4 is 11.5 Å². The smallest absolute Gasteiger partial charge is 0.270 e. The van der Waals surface area contributed by atoms with E-state index in [0.29, 0.717) is 12.1 Å². The first-order chi connectivity index (χ1) is 13.6. The van der Waals surface area contributed by atoms with Crippen molar-refractivity contribution in [3.05, 3.63) is 69.8 Å². The predicted molar refractivity (Wildman–Crippen MR) is 107 cm³/mol. The van der Waals surface area contributed by atoms with E-state index in [-0.39, 0.29) is 24.1 Å². The van der Waals surface area contributed by atoms with Gasteiger partial charge in [0.25, 0.3) is 5.69 Å². The minimum atomic E-state index is -0.489. The van der Waals surface area contributed by atoms with E-state index in [1.54, 1.807) is 13.2 Å². The molecule has 0 aromatic heterocycles. The number of hydrogen-bond acceptors (Lipinski definition) is 6. The first-order valence-electron chi connectivity index (χ1n) is 9.45. The zero-order chi connectivity index (χ0) is 19.9. The number of likely N-dealkylation sites (tertiary alicyclic amines) is 1. The van der Waals surface area contributed by atoms with Crippen molar-refractivity contribution in [2.45, 2.75) is 18.9 Å². The van der Waals surface area contributed by atoms with Crippen LogP contribution in [0.25, 0.3) is 0 Å². The molecule has 1 aliphatic heterocycles. The predicted octanol–water partition coefficient (Wildman–Crippen LogP) is 3.21. The normalized spacial score (nSPS) is 15.3. The number of rotatable bonds is 9. The molecule has 0 saturated carbocycles. The Bertz CT molecular complexity index is 817. The van der Waals surface area contributed by atoms with E-state index in [0.717, 1.165) is 18.8 Å². The van der Waals surface area contributed by atoms with Gasteiger partial charge in [0.15, 0.2) is 5.78 Å². The molecule has 1 saturated heterocycles. The van der Waals surface area contributed by atoms with E-state index in [1.165, 1.54) is 36.6 Å². The molecular formula is C21H25N3O4. The van der Waals surface area contributed by atoms with Gasteiger partial charge in [-0.05, 0) is 43.6 Å². The second kappa shape index (κ2) is 9.43. The molecule has 3 rings (SSSR count). The van der Waals surface area contributed by atoms with Gasteiger partial charge < -0.3 is 10.1 Å². The Kier molecular flexibility index (Phi) is 6.73. The molecule has 148 valence electrons. The minimum absolute atomic E-state index is 0.0703. The highest BCUT2D eigenvalue weighted by Crippen LogP contribution is 2.26. The summed E-state index contributed by atoms with van der Waals surface area (Å²) in [6.07, 6.45) is 2.36. The number of hydrogen-bond donors (Lipinski definition) is 1. The van der Waals surface area contributed by atoms with Crippen LogP contribution in [0.1, 0.15) is 34.8 Å². The minimum Gasteiger partial charge on any atom is -0.497 e. The topological polar surface area (TPSA) is 84.7 Å². The molecule has 28 heavy (non-hydrogen) atoms. The molecule has 1 N–H and O–H groups in total. The fourth-order valence-corrected chi connectivity index (χ4v) is 3.55. The van der Waals surface area contributed by atoms with Gasteiger partial charge in [-0.3, -0.25) is 19.8 Å². The van der Waals surface area contributed by atoms with Crippen LogP contribution in [0.2, 0.25) is 0 Å². The number of nitro groups is 1. The number of carbonyl (C=O) groups excluding carboxylic acids is 1. The largest absolute Gasteiger partial charge is 0.497 e. The van der Waals surface area contributed by atoms with Gasteiger partial charge in [0, 0.05) is 30.3 Å². The van der Waals surface area contributed by atoms with Crippen LogP contribution >= 0.6 is 0 Å². The summed E-state index contributed by atoms with van der Waals surface area (Å²) in [5.74, 6) is 0.663. The highest BCUT2D eigenvalue weighted by atomic mass is 16.6. The monoisotopic (exact) mass is 383 g/mol. The van der Waals surface area contributed by atoms with Crippen molar-refractivity contribution in [2.24, 2.45) is 0 Å². The number of methoxy groups -OCH3 is 1. The number of nitrogens with one attached hydrogen (secondary N) is 1. The summed E-state index contributed by atoms with van der Waals surface area (Å²) < 4.78 is 5.24. The highest BCUT2D eigenvalue weighted by Gasteiger charge is 2.23. The molecule has 2 aromatic carbocycles. The SMILES string of the molecule is COc1ccc(C(CNCC(=O)c2cccc([N+](=O)[O-])c2)N2CCCC2)cc1. The first-order valence-corrected chi connectivity index (χ1v) is 9.45. The molecule has 0 aliphatic carbocycles. The molecule has 2 aromatic rings. The van der Waals surface area contributed by atoms with E-state index < -0.39 is 4.92 Å². The average Bonchev–Trinajstić information content (AvgIpc) is 3.26. The molecule has 0 radical (unpaired) electrons. The summed E-state index contributed by atoms with van der Waals surface area (Å²) in [4.78, 5) is 25.3. The quantitative estimate of drug-likeness (QED) is 0.407. The van der Waals surface area contributed by atoms with E-state index in [2.05, 4.69) is 22.3 Å². The van der Waals surface area contributed by atoms with Crippen LogP contribution in [0.5, 0.6) is 5.75 Å². The van der Waals surface area contributed by atoms with Crippen LogP contribution in [0.3, 0.4) is 0 Å². The number of ether oxygens (including phenoxy) is 1. The van der Waals surface area contributed by atoms with Crippen molar-refractivity contribution < 1.29 is 14.5 Å². The van der Waals surface area contributed by atoms with Crippen LogP contribution in [0, 0.1) is 10.1 Å². The number of ketones is 1. The molecular weight excluding hydrogens is 358 g/mol. The first kappa shape index (κ1) is 20.0. The number of non-ortho nitro benzene ring substituents is 1. The van der Waals surface area contributed by atoms with Crippen molar-refractivity contribution in [1.82, 2.24) is 10.2 Å². The van der Waals surface area contributed by atoms with Crippen molar-refractivity contribution in [3.63, 3.8) is 0 Å². The summed E-state index contributed by atoms with van der Waals surface area (Å²) in [7, 11) is 1.65. The maximum atomic E-state index is 12.4. The summed E-state index contributed by atoms with van der Waals surface area (Å²) in [6, 6.07) is 14.1. The van der Waals surface area contributed by atoms with Crippen molar-refractivity contribution in [3.8, 4) is 5.75 Å². The molecule has 1 heterocycles. The lowest BCUT2D eigenvalue weighted by Gasteiger charge is -2.28. The Morgan fingerprint density at radius 3 is 2.57 bits per heavy atom. The Morgan fingerprint density at radius 2 is 1.93 bits per heavy atom. The van der Waals surface area contributed by atoms with E-state index in [4.69, 9.17) is 4.74 Å². The van der Waals surface area contributed by atoms with Gasteiger partial charge in [-0.2, -0.15) is 0 Å². The number of Topliss-reactive ketones (excluding diaryl/α,β-unsaturated/α-hetero) is 1. The van der Waals surface area contributed by atoms with Gasteiger partial charge in [-0.15, -0.1) is 0 Å². The van der Waals surface area contributed by atoms with Gasteiger partial charge in [-0.25, -0.2) is 0 Å². The van der Waals surface area contributed by atoms with Gasteiger partial charge in [0.2, 0.25) is 0 Å². The number of benzene rings is 2. The third-order valence-electron chi connectivity index (χ3n) is 5.08. The van der Waals surface area contributed by atoms with Gasteiger partial charge in [0.1, 0.15) is 5.75 Å². The summed E-state index contributed by atoms with van der Waals surface area (Å²) in [6.45, 7) is 2.85. The van der Waals surface area contributed by atoms with Gasteiger partial charge in [-0.1, -0.05) is 24.3 Å². The summed E-state index contributed by atoms with van der Waals surface area (Å²) >= 11 is 0. The van der Waals surface area contributed by atoms with E-state index >= 15 is 0 Å². The standard InChI is InChI=1S/C21H25N3O4/c1-28-19-9-7-16(8-10-19)20(23-11-2-3-12-23)14-22-15-21(25)17-5-4-6-18(13-17)24(26)27/h4-10,13,20,22H,2-3,11-12,14-15H2,1H3. The van der Waals surface area contributed by atoms with Gasteiger partial charge in [0.05, 0.1) is 18.6 Å². The summed E-state index contributed by atoms with van der Waals surface area (Å²) in [5, 5.41) is 14.1. The second-order valence-corrected chi connectivity index (χ2v) is 6.89. The molecule has 1 aliphatic rings. The third-order valence-corrected chi connectivity index (χ3v) is 5.08.